The van der Waals surface area contributed by atoms with Gasteiger partial charge in [-0.25, -0.2) is 9.97 Å². The molecule has 2 heterocycles. The number of nitrogens with zero attached hydrogens (tertiary/aromatic N) is 3. The number of aromatic nitrogens is 2. The summed E-state index contributed by atoms with van der Waals surface area (Å²) in [6.07, 6.45) is 13.3. The molecule has 1 saturated carbocycles. The van der Waals surface area contributed by atoms with Crippen LogP contribution in [-0.2, 0) is 4.79 Å². The highest BCUT2D eigenvalue weighted by molar-refractivity contribution is 5.99. The third-order valence-electron chi connectivity index (χ3n) is 5.50. The van der Waals surface area contributed by atoms with E-state index in [1.165, 1.54) is 19.3 Å². The Morgan fingerprint density at radius 3 is 2.46 bits per heavy atom. The number of ketones is 1. The van der Waals surface area contributed by atoms with Crippen molar-refractivity contribution in [3.05, 3.63) is 30.4 Å². The van der Waals surface area contributed by atoms with Gasteiger partial charge in [0.05, 0.1) is 11.7 Å². The first-order valence-corrected chi connectivity index (χ1v) is 10.0. The summed E-state index contributed by atoms with van der Waals surface area (Å²) in [5.41, 5.74) is 0.786. The zero-order chi connectivity index (χ0) is 18.6. The topological polar surface area (TPSA) is 58.1 Å². The molecule has 0 radical (unpaired) electrons. The molecule has 1 aromatic rings. The standard InChI is InChI=1S/C21H32N4O/c1-21(2,3)25-14-7-11-18(25)19(26)15-17(20-22-12-8-13-23-20)24-16-9-5-4-6-10-16/h8,12-13,15-16,18,24H,4-7,9-11,14H2,1-3H3/b17-15-/t18-/m0/s1. The second kappa shape index (κ2) is 8.30. The third-order valence-corrected chi connectivity index (χ3v) is 5.50. The lowest BCUT2D eigenvalue weighted by Crippen LogP contribution is -2.47. The lowest BCUT2D eigenvalue weighted by atomic mass is 9.95. The fourth-order valence-corrected chi connectivity index (χ4v) is 4.18. The van der Waals surface area contributed by atoms with Gasteiger partial charge in [-0.3, -0.25) is 9.69 Å². The van der Waals surface area contributed by atoms with Crippen LogP contribution < -0.4 is 5.32 Å². The van der Waals surface area contributed by atoms with Gasteiger partial charge in [-0.1, -0.05) is 19.3 Å². The Morgan fingerprint density at radius 2 is 1.81 bits per heavy atom. The number of hydrogen-bond donors (Lipinski definition) is 1. The van der Waals surface area contributed by atoms with Gasteiger partial charge in [-0.15, -0.1) is 0 Å². The van der Waals surface area contributed by atoms with Gasteiger partial charge in [-0.2, -0.15) is 0 Å². The van der Waals surface area contributed by atoms with Gasteiger partial charge < -0.3 is 5.32 Å². The van der Waals surface area contributed by atoms with Crippen LogP contribution >= 0.6 is 0 Å². The second-order valence-corrected chi connectivity index (χ2v) is 8.53. The molecule has 26 heavy (non-hydrogen) atoms. The molecular weight excluding hydrogens is 324 g/mol. The third kappa shape index (κ3) is 4.70. The smallest absolute Gasteiger partial charge is 0.175 e. The van der Waals surface area contributed by atoms with Gasteiger partial charge in [0.25, 0.3) is 0 Å². The SMILES string of the molecule is CC(C)(C)N1CCC[C@H]1C(=O)/C=C(\NC1CCCCC1)c1ncccn1. The fourth-order valence-electron chi connectivity index (χ4n) is 4.18. The Bertz CT molecular complexity index is 629. The molecule has 1 aliphatic heterocycles. The minimum atomic E-state index is -0.0399. The maximum absolute atomic E-state index is 13.1. The van der Waals surface area contributed by atoms with Crippen molar-refractivity contribution < 1.29 is 4.79 Å². The molecule has 5 nitrogen and oxygen atoms in total. The van der Waals surface area contributed by atoms with Gasteiger partial charge >= 0.3 is 0 Å². The largest absolute Gasteiger partial charge is 0.379 e. The monoisotopic (exact) mass is 356 g/mol. The molecule has 142 valence electrons. The van der Waals surface area contributed by atoms with Crippen molar-refractivity contribution in [3.8, 4) is 0 Å². The molecule has 0 bridgehead atoms. The number of hydrogen-bond acceptors (Lipinski definition) is 5. The predicted octanol–water partition coefficient (Wildman–Crippen LogP) is 3.57. The lowest BCUT2D eigenvalue weighted by Gasteiger charge is -2.36. The summed E-state index contributed by atoms with van der Waals surface area (Å²) in [6.45, 7) is 7.54. The van der Waals surface area contributed by atoms with Gasteiger partial charge in [0.2, 0.25) is 0 Å². The maximum Gasteiger partial charge on any atom is 0.175 e. The van der Waals surface area contributed by atoms with Crippen LogP contribution in [0.5, 0.6) is 0 Å². The molecule has 0 amide bonds. The molecule has 2 fully saturated rings. The number of rotatable bonds is 5. The molecule has 0 spiro atoms. The summed E-state index contributed by atoms with van der Waals surface area (Å²) in [5, 5.41) is 3.58. The van der Waals surface area contributed by atoms with Crippen LogP contribution in [0.4, 0.5) is 0 Å². The minimum absolute atomic E-state index is 0.00484. The van der Waals surface area contributed by atoms with E-state index >= 15 is 0 Å². The molecule has 3 rings (SSSR count). The Labute approximate surface area is 157 Å². The summed E-state index contributed by atoms with van der Waals surface area (Å²) >= 11 is 0. The van der Waals surface area contributed by atoms with E-state index in [4.69, 9.17) is 0 Å². The van der Waals surface area contributed by atoms with Crippen molar-refractivity contribution in [1.82, 2.24) is 20.2 Å². The molecule has 5 heteroatoms. The van der Waals surface area contributed by atoms with Gasteiger partial charge in [0.15, 0.2) is 11.6 Å². The van der Waals surface area contributed by atoms with Crippen LogP contribution in [0.25, 0.3) is 5.70 Å². The van der Waals surface area contributed by atoms with Crippen molar-refractivity contribution in [2.45, 2.75) is 83.3 Å². The van der Waals surface area contributed by atoms with E-state index in [1.54, 1.807) is 18.5 Å². The summed E-state index contributed by atoms with van der Waals surface area (Å²) in [6, 6.07) is 2.18. The van der Waals surface area contributed by atoms with Crippen LogP contribution in [0.2, 0.25) is 0 Å². The summed E-state index contributed by atoms with van der Waals surface area (Å²) < 4.78 is 0. The van der Waals surface area contributed by atoms with Crippen LogP contribution in [0, 0.1) is 0 Å². The molecule has 1 atom stereocenters. The van der Waals surface area contributed by atoms with E-state index in [0.717, 1.165) is 37.9 Å². The van der Waals surface area contributed by atoms with E-state index in [0.29, 0.717) is 11.9 Å². The number of likely N-dealkylation sites (tertiary alicyclic amines) is 1. The molecule has 1 aliphatic carbocycles. The fraction of sp³-hybridized carbons (Fsp3) is 0.667. The van der Waals surface area contributed by atoms with Crippen LogP contribution in [0.15, 0.2) is 24.5 Å². The van der Waals surface area contributed by atoms with E-state index in [-0.39, 0.29) is 17.4 Å². The van der Waals surface area contributed by atoms with Gasteiger partial charge in [0, 0.05) is 30.1 Å². The second-order valence-electron chi connectivity index (χ2n) is 8.53. The number of carbonyl (C=O) groups excluding carboxylic acids is 1. The molecule has 1 N–H and O–H groups in total. The first-order valence-electron chi connectivity index (χ1n) is 10.0. The van der Waals surface area contributed by atoms with Gasteiger partial charge in [0.1, 0.15) is 0 Å². The first kappa shape index (κ1) is 19.0. The van der Waals surface area contributed by atoms with Crippen molar-refractivity contribution in [2.24, 2.45) is 0 Å². The van der Waals surface area contributed by atoms with E-state index in [2.05, 4.69) is 41.0 Å². The zero-order valence-electron chi connectivity index (χ0n) is 16.4. The lowest BCUT2D eigenvalue weighted by molar-refractivity contribution is -0.120. The van der Waals surface area contributed by atoms with Crippen LogP contribution in [0.3, 0.4) is 0 Å². The zero-order valence-corrected chi connectivity index (χ0v) is 16.4. The van der Waals surface area contributed by atoms with E-state index < -0.39 is 0 Å². The molecular formula is C21H32N4O. The Hall–Kier alpha value is -1.75. The normalized spacial score (nSPS) is 23.2. The minimum Gasteiger partial charge on any atom is -0.379 e. The average Bonchev–Trinajstić information content (AvgIpc) is 3.13. The Balaban J connectivity index is 1.82. The van der Waals surface area contributed by atoms with Crippen molar-refractivity contribution in [1.29, 1.82) is 0 Å². The molecule has 1 saturated heterocycles. The highest BCUT2D eigenvalue weighted by Crippen LogP contribution is 2.28. The molecule has 0 unspecified atom stereocenters. The van der Waals surface area contributed by atoms with Crippen LogP contribution in [-0.4, -0.2) is 44.8 Å². The predicted molar refractivity (Wildman–Crippen MR) is 105 cm³/mol. The molecule has 1 aromatic heterocycles. The van der Waals surface area contributed by atoms with Crippen molar-refractivity contribution in [2.75, 3.05) is 6.54 Å². The molecule has 0 aromatic carbocycles. The Kier molecular flexibility index (Phi) is 6.07. The van der Waals surface area contributed by atoms with Gasteiger partial charge in [-0.05, 0) is 59.1 Å². The molecule has 2 aliphatic rings. The Morgan fingerprint density at radius 1 is 1.12 bits per heavy atom. The van der Waals surface area contributed by atoms with Crippen molar-refractivity contribution >= 4 is 11.5 Å². The van der Waals surface area contributed by atoms with Crippen LogP contribution in [0.1, 0.15) is 71.5 Å². The average molecular weight is 357 g/mol. The highest BCUT2D eigenvalue weighted by atomic mass is 16.1. The summed E-state index contributed by atoms with van der Waals surface area (Å²) in [4.78, 5) is 24.2. The number of nitrogens with one attached hydrogen (secondary N) is 1. The summed E-state index contributed by atoms with van der Waals surface area (Å²) in [5.74, 6) is 0.787. The van der Waals surface area contributed by atoms with E-state index in [9.17, 15) is 4.79 Å². The quantitative estimate of drug-likeness (QED) is 0.817. The first-order chi connectivity index (χ1) is 12.4. The highest BCUT2D eigenvalue weighted by Gasteiger charge is 2.36. The maximum atomic E-state index is 13.1. The van der Waals surface area contributed by atoms with E-state index in [1.807, 2.05) is 6.07 Å². The summed E-state index contributed by atoms with van der Waals surface area (Å²) in [7, 11) is 0. The van der Waals surface area contributed by atoms with Crippen molar-refractivity contribution in [3.63, 3.8) is 0 Å². The number of carbonyl (C=O) groups is 1.